The van der Waals surface area contributed by atoms with E-state index in [-0.39, 0.29) is 18.4 Å². The Balaban J connectivity index is 1.13. The minimum atomic E-state index is -1.37. The van der Waals surface area contributed by atoms with Crippen LogP contribution in [-0.2, 0) is 26.5 Å². The number of fused-ring (bicyclic) bond motifs is 6. The molecular weight excluding hydrogens is 678 g/mol. The quantitative estimate of drug-likeness (QED) is 0.0907. The molecule has 53 heavy (non-hydrogen) atoms. The second kappa shape index (κ2) is 13.4. The molecule has 7 rings (SSSR count). The maximum atomic E-state index is 13.6. The maximum Gasteiger partial charge on any atom is 0.340 e. The molecule has 0 saturated carbocycles. The second-order valence-electron chi connectivity index (χ2n) is 13.2. The van der Waals surface area contributed by atoms with Crippen molar-refractivity contribution in [2.45, 2.75) is 25.1 Å². The molecule has 2 aliphatic rings. The molecule has 2 N–H and O–H groups in total. The minimum Gasteiger partial charge on any atom is -0.456 e. The van der Waals surface area contributed by atoms with E-state index in [1.54, 1.807) is 43.5 Å². The van der Waals surface area contributed by atoms with Gasteiger partial charge in [-0.15, -0.1) is 5.10 Å². The van der Waals surface area contributed by atoms with Crippen LogP contribution in [-0.4, -0.2) is 73.0 Å². The van der Waals surface area contributed by atoms with Gasteiger partial charge in [0.05, 0.1) is 18.3 Å². The Hall–Kier alpha value is -6.83. The number of anilines is 3. The van der Waals surface area contributed by atoms with Crippen LogP contribution in [0.3, 0.4) is 0 Å². The third-order valence-corrected chi connectivity index (χ3v) is 9.35. The smallest absolute Gasteiger partial charge is 0.340 e. The van der Waals surface area contributed by atoms with Crippen molar-refractivity contribution >= 4 is 46.9 Å². The summed E-state index contributed by atoms with van der Waals surface area (Å²) in [6, 6.07) is 21.5. The Bertz CT molecular complexity index is 2270. The van der Waals surface area contributed by atoms with Crippen LogP contribution in [0.4, 0.5) is 17.1 Å². The fourth-order valence-electron chi connectivity index (χ4n) is 6.44. The van der Waals surface area contributed by atoms with E-state index in [1.807, 2.05) is 74.4 Å². The van der Waals surface area contributed by atoms with E-state index >= 15 is 0 Å². The summed E-state index contributed by atoms with van der Waals surface area (Å²) >= 11 is 0. The number of ether oxygens (including phenoxy) is 2. The molecule has 0 aliphatic carbocycles. The third-order valence-electron chi connectivity index (χ3n) is 9.35. The lowest BCUT2D eigenvalue weighted by Crippen LogP contribution is -2.33. The van der Waals surface area contributed by atoms with Gasteiger partial charge < -0.3 is 29.9 Å². The van der Waals surface area contributed by atoms with Crippen molar-refractivity contribution in [2.24, 2.45) is 0 Å². The fourth-order valence-corrected chi connectivity index (χ4v) is 6.44. The van der Waals surface area contributed by atoms with Crippen molar-refractivity contribution in [3.63, 3.8) is 0 Å². The molecule has 1 aromatic heterocycles. The number of hydrogen-bond acceptors (Lipinski definition) is 11. The van der Waals surface area contributed by atoms with Crippen molar-refractivity contribution in [3.05, 3.63) is 124 Å². The number of nitrogens with zero attached hydrogens (tertiary/aromatic N) is 5. The minimum absolute atomic E-state index is 0.000808. The molecule has 0 saturated heterocycles. The van der Waals surface area contributed by atoms with Crippen LogP contribution in [0.25, 0.3) is 0 Å². The Morgan fingerprint density at radius 2 is 1.55 bits per heavy atom. The van der Waals surface area contributed by atoms with Gasteiger partial charge in [0.2, 0.25) is 11.7 Å². The normalized spacial score (nSPS) is 13.8. The summed E-state index contributed by atoms with van der Waals surface area (Å²) < 4.78 is 14.1. The first-order chi connectivity index (χ1) is 25.4. The number of rotatable bonds is 10. The van der Waals surface area contributed by atoms with Gasteiger partial charge in [-0.1, -0.05) is 17.3 Å². The number of carbonyl (C=O) groups is 5. The SMILES string of the molecule is CC(C(=O)Nc1cccc(C(=O)C=O)c1)n1cc(CNC(=O)c2ccc3c(c2)C2(OC3=O)c3ccc(N(C)C)cc3Oc3cc(N(C)C)ccc32)nn1. The van der Waals surface area contributed by atoms with Gasteiger partial charge in [-0.25, -0.2) is 9.48 Å². The van der Waals surface area contributed by atoms with Crippen LogP contribution in [0.1, 0.15) is 66.4 Å². The molecule has 4 aromatic carbocycles. The van der Waals surface area contributed by atoms with Crippen molar-refractivity contribution in [1.82, 2.24) is 20.3 Å². The highest BCUT2D eigenvalue weighted by atomic mass is 16.6. The summed E-state index contributed by atoms with van der Waals surface area (Å²) in [4.78, 5) is 66.6. The molecule has 268 valence electrons. The summed E-state index contributed by atoms with van der Waals surface area (Å²) in [6.45, 7) is 1.62. The molecule has 1 unspecified atom stereocenters. The number of hydrogen-bond donors (Lipinski definition) is 2. The van der Waals surface area contributed by atoms with E-state index in [1.165, 1.54) is 16.8 Å². The van der Waals surface area contributed by atoms with Crippen molar-refractivity contribution in [1.29, 1.82) is 0 Å². The average molecular weight is 714 g/mol. The average Bonchev–Trinajstić information content (AvgIpc) is 3.75. The topological polar surface area (TPSA) is 165 Å². The molecule has 5 aromatic rings. The van der Waals surface area contributed by atoms with Gasteiger partial charge in [0.1, 0.15) is 23.2 Å². The van der Waals surface area contributed by atoms with Crippen LogP contribution in [0.5, 0.6) is 11.5 Å². The molecular formula is C39H35N7O7. The highest BCUT2D eigenvalue weighted by Crippen LogP contribution is 2.57. The van der Waals surface area contributed by atoms with Crippen LogP contribution >= 0.6 is 0 Å². The molecule has 2 amide bonds. The zero-order valence-corrected chi connectivity index (χ0v) is 29.5. The van der Waals surface area contributed by atoms with E-state index in [0.29, 0.717) is 50.7 Å². The van der Waals surface area contributed by atoms with Crippen LogP contribution < -0.4 is 25.2 Å². The van der Waals surface area contributed by atoms with E-state index in [4.69, 9.17) is 9.47 Å². The fraction of sp³-hybridized carbons (Fsp3) is 0.205. The van der Waals surface area contributed by atoms with Crippen molar-refractivity contribution in [2.75, 3.05) is 43.3 Å². The lowest BCUT2D eigenvalue weighted by atomic mass is 9.77. The molecule has 0 radical (unpaired) electrons. The Kier molecular flexibility index (Phi) is 8.73. The van der Waals surface area contributed by atoms with Gasteiger partial charge in [0.25, 0.3) is 5.91 Å². The predicted octanol–water partition coefficient (Wildman–Crippen LogP) is 4.49. The summed E-state index contributed by atoms with van der Waals surface area (Å²) in [5.74, 6) is -1.01. The lowest BCUT2D eigenvalue weighted by Gasteiger charge is -2.37. The van der Waals surface area contributed by atoms with E-state index in [0.717, 1.165) is 11.4 Å². The number of nitrogens with one attached hydrogen (secondary N) is 2. The molecule has 0 bridgehead atoms. The van der Waals surface area contributed by atoms with Crippen LogP contribution in [0.2, 0.25) is 0 Å². The number of carbonyl (C=O) groups excluding carboxylic acids is 5. The second-order valence-corrected chi connectivity index (χ2v) is 13.2. The lowest BCUT2D eigenvalue weighted by molar-refractivity contribution is -0.119. The highest BCUT2D eigenvalue weighted by molar-refractivity contribution is 6.33. The standard InChI is InChI=1S/C39H35N7O7/c1-22(36(49)41-25-8-6-7-23(15-25)33(48)21-47)46-20-26(42-43-46)19-40-37(50)24-9-12-29-32(16-24)39(53-38(29)51)30-13-10-27(44(2)3)17-34(30)52-35-18-28(45(4)5)11-14-31(35)39/h6-18,20-22H,19H2,1-5H3,(H,40,50)(H,41,49). The van der Waals surface area contributed by atoms with E-state index in [9.17, 15) is 24.0 Å². The summed E-state index contributed by atoms with van der Waals surface area (Å²) in [7, 11) is 7.71. The summed E-state index contributed by atoms with van der Waals surface area (Å²) in [6.07, 6.45) is 1.75. The third kappa shape index (κ3) is 6.13. The summed E-state index contributed by atoms with van der Waals surface area (Å²) in [5.41, 5.74) is 3.74. The first kappa shape index (κ1) is 34.6. The van der Waals surface area contributed by atoms with Gasteiger partial charge in [0, 0.05) is 85.2 Å². The highest BCUT2D eigenvalue weighted by Gasteiger charge is 2.54. The van der Waals surface area contributed by atoms with Crippen molar-refractivity contribution in [3.8, 4) is 11.5 Å². The number of amides is 2. The first-order valence-corrected chi connectivity index (χ1v) is 16.7. The predicted molar refractivity (Wildman–Crippen MR) is 195 cm³/mol. The number of ketones is 1. The molecule has 2 aliphatic heterocycles. The maximum absolute atomic E-state index is 13.6. The zero-order chi connectivity index (χ0) is 37.6. The van der Waals surface area contributed by atoms with Crippen LogP contribution in [0, 0.1) is 0 Å². The van der Waals surface area contributed by atoms with Gasteiger partial charge >= 0.3 is 5.97 Å². The van der Waals surface area contributed by atoms with Crippen LogP contribution in [0.15, 0.2) is 85.1 Å². The largest absolute Gasteiger partial charge is 0.456 e. The molecule has 1 atom stereocenters. The van der Waals surface area contributed by atoms with Gasteiger partial charge in [-0.2, -0.15) is 0 Å². The van der Waals surface area contributed by atoms with Gasteiger partial charge in [0.15, 0.2) is 11.9 Å². The number of benzene rings is 4. The summed E-state index contributed by atoms with van der Waals surface area (Å²) in [5, 5.41) is 13.7. The molecule has 3 heterocycles. The van der Waals surface area contributed by atoms with Gasteiger partial charge in [-0.05, 0) is 61.5 Å². The number of Topliss-reactive ketones (excluding diaryl/α,β-unsaturated/α-hetero) is 1. The monoisotopic (exact) mass is 713 g/mol. The molecule has 1 spiro atoms. The molecule has 14 nitrogen and oxygen atoms in total. The molecule has 0 fully saturated rings. The van der Waals surface area contributed by atoms with E-state index in [2.05, 4.69) is 20.9 Å². The Morgan fingerprint density at radius 3 is 2.19 bits per heavy atom. The van der Waals surface area contributed by atoms with Crippen molar-refractivity contribution < 1.29 is 33.4 Å². The zero-order valence-electron chi connectivity index (χ0n) is 29.5. The number of aromatic nitrogens is 3. The van der Waals surface area contributed by atoms with E-state index < -0.39 is 35.2 Å². The van der Waals surface area contributed by atoms with Gasteiger partial charge in [-0.3, -0.25) is 19.2 Å². The number of aldehydes is 1. The Morgan fingerprint density at radius 1 is 0.868 bits per heavy atom. The number of esters is 1. The molecule has 14 heteroatoms. The first-order valence-electron chi connectivity index (χ1n) is 16.7. The Labute approximate surface area is 304 Å².